The number of likely N-dealkylation sites (tertiary alicyclic amines) is 1. The van der Waals surface area contributed by atoms with Crippen molar-refractivity contribution < 1.29 is 0 Å². The van der Waals surface area contributed by atoms with Crippen LogP contribution in [-0.2, 0) is 0 Å². The summed E-state index contributed by atoms with van der Waals surface area (Å²) >= 11 is 0. The molecule has 0 spiro atoms. The third kappa shape index (κ3) is 2.58. The molecule has 4 unspecified atom stereocenters. The number of rotatable bonds is 4. The molecule has 1 saturated heterocycles. The Labute approximate surface area is 119 Å². The highest BCUT2D eigenvalue weighted by Gasteiger charge is 2.49. The first-order chi connectivity index (χ1) is 9.13. The number of hydrogen-bond donors (Lipinski definition) is 1. The Morgan fingerprint density at radius 2 is 2.11 bits per heavy atom. The predicted molar refractivity (Wildman–Crippen MR) is 81.0 cm³/mol. The first-order valence-corrected chi connectivity index (χ1v) is 8.60. The average molecular weight is 264 g/mol. The third-order valence-corrected chi connectivity index (χ3v) is 6.13. The van der Waals surface area contributed by atoms with Crippen LogP contribution in [0.3, 0.4) is 0 Å². The quantitative estimate of drug-likeness (QED) is 0.843. The van der Waals surface area contributed by atoms with Crippen LogP contribution in [0.25, 0.3) is 0 Å². The van der Waals surface area contributed by atoms with Gasteiger partial charge in [0, 0.05) is 24.7 Å². The third-order valence-electron chi connectivity index (χ3n) is 6.13. The molecule has 0 aromatic heterocycles. The molecule has 0 aromatic carbocycles. The Morgan fingerprint density at radius 1 is 1.26 bits per heavy atom. The van der Waals surface area contributed by atoms with E-state index in [1.165, 1.54) is 57.9 Å². The Morgan fingerprint density at radius 3 is 2.68 bits per heavy atom. The maximum atomic E-state index is 6.30. The molecule has 19 heavy (non-hydrogen) atoms. The molecule has 2 bridgehead atoms. The highest BCUT2D eigenvalue weighted by atomic mass is 15.3. The van der Waals surface area contributed by atoms with E-state index in [9.17, 15) is 0 Å². The monoisotopic (exact) mass is 264 g/mol. The fourth-order valence-corrected chi connectivity index (χ4v) is 5.40. The minimum absolute atomic E-state index is 0.373. The fourth-order valence-electron chi connectivity index (χ4n) is 5.40. The van der Waals surface area contributed by atoms with Crippen molar-refractivity contribution in [2.75, 3.05) is 13.1 Å². The fraction of sp³-hybridized carbons (Fsp3) is 1.00. The van der Waals surface area contributed by atoms with E-state index in [0.29, 0.717) is 5.54 Å². The van der Waals surface area contributed by atoms with E-state index >= 15 is 0 Å². The van der Waals surface area contributed by atoms with E-state index in [1.54, 1.807) is 0 Å². The van der Waals surface area contributed by atoms with Gasteiger partial charge in [0.1, 0.15) is 0 Å². The maximum absolute atomic E-state index is 6.30. The van der Waals surface area contributed by atoms with Gasteiger partial charge in [-0.1, -0.05) is 26.7 Å². The van der Waals surface area contributed by atoms with E-state index in [2.05, 4.69) is 18.7 Å². The van der Waals surface area contributed by atoms with Gasteiger partial charge in [0.05, 0.1) is 0 Å². The Hall–Kier alpha value is -0.0800. The number of hydrogen-bond acceptors (Lipinski definition) is 2. The summed E-state index contributed by atoms with van der Waals surface area (Å²) in [6.45, 7) is 6.99. The molecule has 3 rings (SSSR count). The zero-order valence-electron chi connectivity index (χ0n) is 12.9. The normalized spacial score (nSPS) is 43.3. The maximum Gasteiger partial charge on any atom is 0.0337 e. The second kappa shape index (κ2) is 5.37. The molecule has 0 aromatic rings. The van der Waals surface area contributed by atoms with E-state index in [0.717, 1.165) is 30.3 Å². The molecule has 3 aliphatic rings. The van der Waals surface area contributed by atoms with Crippen LogP contribution in [0.1, 0.15) is 65.2 Å². The van der Waals surface area contributed by atoms with Crippen LogP contribution in [0, 0.1) is 17.8 Å². The van der Waals surface area contributed by atoms with Gasteiger partial charge in [-0.2, -0.15) is 0 Å². The van der Waals surface area contributed by atoms with Crippen LogP contribution in [0.5, 0.6) is 0 Å². The minimum atomic E-state index is 0.373. The van der Waals surface area contributed by atoms with Gasteiger partial charge in [-0.25, -0.2) is 0 Å². The Balaban J connectivity index is 1.71. The van der Waals surface area contributed by atoms with Gasteiger partial charge in [0.2, 0.25) is 0 Å². The summed E-state index contributed by atoms with van der Waals surface area (Å²) in [4.78, 5) is 2.87. The molecule has 2 N–H and O–H groups in total. The van der Waals surface area contributed by atoms with Crippen LogP contribution < -0.4 is 5.73 Å². The van der Waals surface area contributed by atoms with Gasteiger partial charge < -0.3 is 5.73 Å². The molecule has 4 atom stereocenters. The molecule has 2 aliphatic carbocycles. The first kappa shape index (κ1) is 13.9. The molecule has 0 radical (unpaired) electrons. The lowest BCUT2D eigenvalue weighted by Gasteiger charge is -2.50. The Kier molecular flexibility index (Phi) is 3.92. The standard InChI is InChI=1S/C17H32N2/c1-13(2)8-14-4-3-7-17(10-14,12-18)19-11-15-5-6-16(19)9-15/h13-16H,3-12,18H2,1-2H3. The molecule has 2 heteroatoms. The van der Waals surface area contributed by atoms with Crippen LogP contribution in [0.2, 0.25) is 0 Å². The van der Waals surface area contributed by atoms with Crippen molar-refractivity contribution in [3.8, 4) is 0 Å². The summed E-state index contributed by atoms with van der Waals surface area (Å²) in [5.41, 5.74) is 6.67. The molecule has 0 amide bonds. The second-order valence-electron chi connectivity index (χ2n) is 8.01. The topological polar surface area (TPSA) is 29.3 Å². The summed E-state index contributed by atoms with van der Waals surface area (Å²) < 4.78 is 0. The van der Waals surface area contributed by atoms with Crippen molar-refractivity contribution in [2.45, 2.75) is 76.8 Å². The van der Waals surface area contributed by atoms with Crippen molar-refractivity contribution in [2.24, 2.45) is 23.5 Å². The first-order valence-electron chi connectivity index (χ1n) is 8.60. The zero-order chi connectivity index (χ0) is 13.5. The second-order valence-corrected chi connectivity index (χ2v) is 8.01. The van der Waals surface area contributed by atoms with Gasteiger partial charge in [-0.3, -0.25) is 4.90 Å². The van der Waals surface area contributed by atoms with Crippen molar-refractivity contribution in [3.05, 3.63) is 0 Å². The highest BCUT2D eigenvalue weighted by Crippen LogP contribution is 2.47. The van der Waals surface area contributed by atoms with Gasteiger partial charge >= 0.3 is 0 Å². The van der Waals surface area contributed by atoms with E-state index in [1.807, 2.05) is 0 Å². The molecule has 1 aliphatic heterocycles. The van der Waals surface area contributed by atoms with E-state index in [-0.39, 0.29) is 0 Å². The summed E-state index contributed by atoms with van der Waals surface area (Å²) in [7, 11) is 0. The van der Waals surface area contributed by atoms with Crippen LogP contribution in [0.4, 0.5) is 0 Å². The molecular formula is C17H32N2. The molecule has 1 heterocycles. The van der Waals surface area contributed by atoms with Crippen LogP contribution in [-0.4, -0.2) is 29.6 Å². The van der Waals surface area contributed by atoms with Crippen molar-refractivity contribution >= 4 is 0 Å². The number of fused-ring (bicyclic) bond motifs is 2. The SMILES string of the molecule is CC(C)CC1CCCC(CN)(N2CC3CCC2C3)C1. The van der Waals surface area contributed by atoms with Crippen molar-refractivity contribution in [1.82, 2.24) is 4.90 Å². The lowest BCUT2D eigenvalue weighted by atomic mass is 9.71. The predicted octanol–water partition coefficient (Wildman–Crippen LogP) is 3.40. The average Bonchev–Trinajstić information content (AvgIpc) is 3.00. The molecule has 110 valence electrons. The largest absolute Gasteiger partial charge is 0.329 e. The van der Waals surface area contributed by atoms with Crippen LogP contribution >= 0.6 is 0 Å². The summed E-state index contributed by atoms with van der Waals surface area (Å²) in [5.74, 6) is 2.77. The molecule has 2 nitrogen and oxygen atoms in total. The lowest BCUT2D eigenvalue weighted by molar-refractivity contribution is 0.00871. The molecular weight excluding hydrogens is 232 g/mol. The van der Waals surface area contributed by atoms with Gasteiger partial charge in [0.15, 0.2) is 0 Å². The number of nitrogens with zero attached hydrogens (tertiary/aromatic N) is 1. The van der Waals surface area contributed by atoms with Gasteiger partial charge in [0.25, 0.3) is 0 Å². The summed E-state index contributed by atoms with van der Waals surface area (Å²) in [5, 5.41) is 0. The Bertz CT molecular complexity index is 314. The van der Waals surface area contributed by atoms with E-state index in [4.69, 9.17) is 5.73 Å². The van der Waals surface area contributed by atoms with Crippen molar-refractivity contribution in [3.63, 3.8) is 0 Å². The smallest absolute Gasteiger partial charge is 0.0337 e. The van der Waals surface area contributed by atoms with Crippen LogP contribution in [0.15, 0.2) is 0 Å². The van der Waals surface area contributed by atoms with Gasteiger partial charge in [-0.05, 0) is 56.3 Å². The highest BCUT2D eigenvalue weighted by molar-refractivity contribution is 5.05. The molecule has 2 saturated carbocycles. The minimum Gasteiger partial charge on any atom is -0.329 e. The summed E-state index contributed by atoms with van der Waals surface area (Å²) in [6.07, 6.45) is 11.4. The van der Waals surface area contributed by atoms with E-state index < -0.39 is 0 Å². The van der Waals surface area contributed by atoms with Crippen molar-refractivity contribution in [1.29, 1.82) is 0 Å². The molecule has 3 fully saturated rings. The summed E-state index contributed by atoms with van der Waals surface area (Å²) in [6, 6.07) is 0.881. The lowest BCUT2D eigenvalue weighted by Crippen LogP contribution is -2.58. The number of nitrogens with two attached hydrogens (primary N) is 1. The number of piperidine rings is 1. The van der Waals surface area contributed by atoms with Gasteiger partial charge in [-0.15, -0.1) is 0 Å². The zero-order valence-corrected chi connectivity index (χ0v) is 12.9.